The van der Waals surface area contributed by atoms with E-state index in [2.05, 4.69) is 48.6 Å². The fourth-order valence-electron chi connectivity index (χ4n) is 4.88. The van der Waals surface area contributed by atoms with Crippen LogP contribution in [0.3, 0.4) is 0 Å². The van der Waals surface area contributed by atoms with Crippen molar-refractivity contribution in [2.75, 3.05) is 23.3 Å². The van der Waals surface area contributed by atoms with Gasteiger partial charge in [-0.1, -0.05) is 36.4 Å². The van der Waals surface area contributed by atoms with Crippen LogP contribution >= 0.6 is 0 Å². The molecule has 0 aliphatic carbocycles. The molecule has 1 aliphatic heterocycles. The number of rotatable bonds is 6. The molecule has 5 aromatic rings. The Labute approximate surface area is 215 Å². The summed E-state index contributed by atoms with van der Waals surface area (Å²) in [5.41, 5.74) is 7.10. The first-order valence-electron chi connectivity index (χ1n) is 12.7. The van der Waals surface area contributed by atoms with Gasteiger partial charge in [-0.25, -0.2) is 0 Å². The molecule has 0 atom stereocenters. The Balaban J connectivity index is 1.21. The molecular weight excluding hydrogens is 460 g/mol. The zero-order valence-electron chi connectivity index (χ0n) is 20.5. The van der Waals surface area contributed by atoms with Crippen molar-refractivity contribution in [2.45, 2.75) is 25.7 Å². The normalized spacial score (nSPS) is 13.6. The van der Waals surface area contributed by atoms with E-state index in [0.29, 0.717) is 11.4 Å². The van der Waals surface area contributed by atoms with E-state index in [1.54, 1.807) is 6.20 Å². The number of nitrogens with one attached hydrogen (secondary N) is 2. The number of hydrogen-bond acceptors (Lipinski definition) is 5. The smallest absolute Gasteiger partial charge is 0.276 e. The van der Waals surface area contributed by atoms with Crippen molar-refractivity contribution in [1.29, 1.82) is 0 Å². The number of hydrogen-bond donors (Lipinski definition) is 2. The summed E-state index contributed by atoms with van der Waals surface area (Å²) in [5.74, 6) is -0.277. The Hall–Kier alpha value is -4.52. The Bertz CT molecular complexity index is 1520. The number of aromatic amines is 1. The zero-order valence-corrected chi connectivity index (χ0v) is 20.5. The second-order valence-electron chi connectivity index (χ2n) is 9.47. The van der Waals surface area contributed by atoms with Crippen LogP contribution in [0, 0.1) is 0 Å². The lowest BCUT2D eigenvalue weighted by Crippen LogP contribution is -2.29. The molecule has 1 saturated heterocycles. The van der Waals surface area contributed by atoms with Crippen LogP contribution in [0.4, 0.5) is 11.4 Å². The maximum Gasteiger partial charge on any atom is 0.276 e. The summed E-state index contributed by atoms with van der Waals surface area (Å²) in [6, 6.07) is 22.2. The fraction of sp³-hybridized carbons (Fsp3) is 0.200. The van der Waals surface area contributed by atoms with Gasteiger partial charge in [0.25, 0.3) is 5.91 Å². The Kier molecular flexibility index (Phi) is 6.33. The maximum atomic E-state index is 13.1. The first kappa shape index (κ1) is 22.9. The van der Waals surface area contributed by atoms with Gasteiger partial charge in [0, 0.05) is 42.4 Å². The molecule has 3 aromatic heterocycles. The van der Waals surface area contributed by atoms with E-state index < -0.39 is 0 Å². The van der Waals surface area contributed by atoms with Crippen molar-refractivity contribution >= 4 is 28.2 Å². The number of nitrogens with zero attached hydrogens (tertiary/aromatic N) is 4. The van der Waals surface area contributed by atoms with E-state index in [4.69, 9.17) is 0 Å². The number of pyridine rings is 2. The molecule has 2 aromatic carbocycles. The van der Waals surface area contributed by atoms with Crippen molar-refractivity contribution in [2.24, 2.45) is 0 Å². The number of piperidine rings is 1. The third-order valence-corrected chi connectivity index (χ3v) is 6.87. The van der Waals surface area contributed by atoms with Gasteiger partial charge in [-0.2, -0.15) is 5.10 Å². The van der Waals surface area contributed by atoms with Crippen LogP contribution in [0.2, 0.25) is 0 Å². The van der Waals surface area contributed by atoms with Crippen LogP contribution in [0.1, 0.15) is 41.0 Å². The van der Waals surface area contributed by atoms with Crippen molar-refractivity contribution in [1.82, 2.24) is 20.2 Å². The topological polar surface area (TPSA) is 86.8 Å². The van der Waals surface area contributed by atoms with E-state index in [9.17, 15) is 4.79 Å². The van der Waals surface area contributed by atoms with E-state index in [-0.39, 0.29) is 5.91 Å². The Morgan fingerprint density at radius 1 is 0.892 bits per heavy atom. The number of H-pyrrole nitrogens is 1. The molecule has 1 fully saturated rings. The minimum Gasteiger partial charge on any atom is -0.370 e. The van der Waals surface area contributed by atoms with Gasteiger partial charge in [0.05, 0.1) is 29.3 Å². The monoisotopic (exact) mass is 488 g/mol. The lowest BCUT2D eigenvalue weighted by atomic mass is 10.0. The molecular formula is C30H28N6O. The SMILES string of the molecule is O=C(Nc1ccc(Cc2ccccc2)nc1)c1n[nH]c2ccc(-c3cncc(N4CCCCC4)c3)cc12. The number of amides is 1. The summed E-state index contributed by atoms with van der Waals surface area (Å²) in [6.45, 7) is 2.14. The van der Waals surface area contributed by atoms with Gasteiger partial charge in [0.2, 0.25) is 0 Å². The summed E-state index contributed by atoms with van der Waals surface area (Å²) in [7, 11) is 0. The molecule has 0 spiro atoms. The standard InChI is InChI=1S/C30H28N6O/c37-30(33-25-11-10-24(32-19-25)15-21-7-3-1-4-8-21)29-27-17-22(9-12-28(27)34-35-29)23-16-26(20-31-18-23)36-13-5-2-6-14-36/h1,3-4,7-12,16-20H,2,5-6,13-15H2,(H,33,37)(H,34,35). The summed E-state index contributed by atoms with van der Waals surface area (Å²) in [5, 5.41) is 11.0. The van der Waals surface area contributed by atoms with Gasteiger partial charge < -0.3 is 10.2 Å². The van der Waals surface area contributed by atoms with Gasteiger partial charge in [-0.15, -0.1) is 0 Å². The highest BCUT2D eigenvalue weighted by Gasteiger charge is 2.17. The Morgan fingerprint density at radius 2 is 1.76 bits per heavy atom. The van der Waals surface area contributed by atoms with Gasteiger partial charge >= 0.3 is 0 Å². The second kappa shape index (κ2) is 10.2. The molecule has 2 N–H and O–H groups in total. The van der Waals surface area contributed by atoms with Gasteiger partial charge in [0.15, 0.2) is 5.69 Å². The number of fused-ring (bicyclic) bond motifs is 1. The first-order valence-corrected chi connectivity index (χ1v) is 12.7. The van der Waals surface area contributed by atoms with Crippen molar-refractivity contribution in [3.05, 3.63) is 102 Å². The molecule has 7 heteroatoms. The number of carbonyl (C=O) groups is 1. The molecule has 1 aliphatic rings. The van der Waals surface area contributed by atoms with Crippen LogP contribution in [-0.4, -0.2) is 39.2 Å². The molecule has 1 amide bonds. The van der Waals surface area contributed by atoms with E-state index in [1.165, 1.54) is 24.8 Å². The average Bonchev–Trinajstić information content (AvgIpc) is 3.39. The lowest BCUT2D eigenvalue weighted by Gasteiger charge is -2.28. The molecule has 37 heavy (non-hydrogen) atoms. The maximum absolute atomic E-state index is 13.1. The van der Waals surface area contributed by atoms with Crippen LogP contribution < -0.4 is 10.2 Å². The number of anilines is 2. The molecule has 184 valence electrons. The highest BCUT2D eigenvalue weighted by Crippen LogP contribution is 2.29. The van der Waals surface area contributed by atoms with Crippen molar-refractivity contribution in [3.63, 3.8) is 0 Å². The number of aromatic nitrogens is 4. The molecule has 4 heterocycles. The average molecular weight is 489 g/mol. The third kappa shape index (κ3) is 5.07. The van der Waals surface area contributed by atoms with Gasteiger partial charge in [-0.3, -0.25) is 19.9 Å². The van der Waals surface area contributed by atoms with Crippen LogP contribution in [0.25, 0.3) is 22.0 Å². The van der Waals surface area contributed by atoms with Crippen LogP contribution in [0.15, 0.2) is 85.3 Å². The minimum absolute atomic E-state index is 0.277. The van der Waals surface area contributed by atoms with Crippen molar-refractivity contribution in [3.8, 4) is 11.1 Å². The van der Waals surface area contributed by atoms with E-state index in [0.717, 1.165) is 52.9 Å². The minimum atomic E-state index is -0.277. The second-order valence-corrected chi connectivity index (χ2v) is 9.47. The molecule has 0 bridgehead atoms. The Morgan fingerprint density at radius 3 is 2.57 bits per heavy atom. The van der Waals surface area contributed by atoms with E-state index in [1.807, 2.05) is 60.9 Å². The summed E-state index contributed by atoms with van der Waals surface area (Å²) in [6.07, 6.45) is 9.97. The molecule has 7 nitrogen and oxygen atoms in total. The number of benzene rings is 2. The molecule has 0 unspecified atom stereocenters. The predicted octanol–water partition coefficient (Wildman–Crippen LogP) is 5.85. The summed E-state index contributed by atoms with van der Waals surface area (Å²) < 4.78 is 0. The molecule has 6 rings (SSSR count). The highest BCUT2D eigenvalue weighted by atomic mass is 16.1. The quantitative estimate of drug-likeness (QED) is 0.313. The van der Waals surface area contributed by atoms with Gasteiger partial charge in [0.1, 0.15) is 0 Å². The van der Waals surface area contributed by atoms with Crippen LogP contribution in [0.5, 0.6) is 0 Å². The summed E-state index contributed by atoms with van der Waals surface area (Å²) in [4.78, 5) is 24.5. The molecule has 0 radical (unpaired) electrons. The largest absolute Gasteiger partial charge is 0.370 e. The fourth-order valence-corrected chi connectivity index (χ4v) is 4.88. The highest BCUT2D eigenvalue weighted by molar-refractivity contribution is 6.11. The predicted molar refractivity (Wildman–Crippen MR) is 147 cm³/mol. The zero-order chi connectivity index (χ0) is 25.0. The molecule has 0 saturated carbocycles. The summed E-state index contributed by atoms with van der Waals surface area (Å²) >= 11 is 0. The van der Waals surface area contributed by atoms with Gasteiger partial charge in [-0.05, 0) is 60.7 Å². The van der Waals surface area contributed by atoms with Crippen LogP contribution in [-0.2, 0) is 6.42 Å². The van der Waals surface area contributed by atoms with Crippen molar-refractivity contribution < 1.29 is 4.79 Å². The first-order chi connectivity index (χ1) is 18.2. The lowest BCUT2D eigenvalue weighted by molar-refractivity contribution is 0.102. The van der Waals surface area contributed by atoms with E-state index >= 15 is 0 Å². The number of carbonyl (C=O) groups excluding carboxylic acids is 1. The third-order valence-electron chi connectivity index (χ3n) is 6.87.